The van der Waals surface area contributed by atoms with Crippen molar-refractivity contribution in [3.63, 3.8) is 0 Å². The van der Waals surface area contributed by atoms with Crippen LogP contribution in [0.1, 0.15) is 32.1 Å². The summed E-state index contributed by atoms with van der Waals surface area (Å²) in [5, 5.41) is 3.21. The lowest BCUT2D eigenvalue weighted by atomic mass is 9.89. The molecule has 3 aromatic rings. The highest BCUT2D eigenvalue weighted by atomic mass is 16.6. The topological polar surface area (TPSA) is 91.2 Å². The predicted molar refractivity (Wildman–Crippen MR) is 123 cm³/mol. The average Bonchev–Trinajstić information content (AvgIpc) is 2.86. The predicted octanol–water partition coefficient (Wildman–Crippen LogP) is 3.26. The normalized spacial score (nSPS) is 19.8. The first kappa shape index (κ1) is 21.0. The van der Waals surface area contributed by atoms with Gasteiger partial charge in [-0.05, 0) is 43.0 Å². The van der Waals surface area contributed by atoms with Gasteiger partial charge in [-0.15, -0.1) is 0 Å². The lowest BCUT2D eigenvalue weighted by Gasteiger charge is -2.24. The molecule has 4 heterocycles. The fraction of sp³-hybridized carbons (Fsp3) is 0.500. The molecule has 0 radical (unpaired) electrons. The molecule has 1 saturated carbocycles. The van der Waals surface area contributed by atoms with Crippen molar-refractivity contribution >= 4 is 17.0 Å². The first-order valence-electron chi connectivity index (χ1n) is 11.5. The van der Waals surface area contributed by atoms with Gasteiger partial charge in [0, 0.05) is 31.0 Å². The Morgan fingerprint density at radius 3 is 2.66 bits per heavy atom. The van der Waals surface area contributed by atoms with Gasteiger partial charge in [0.1, 0.15) is 5.52 Å². The van der Waals surface area contributed by atoms with Gasteiger partial charge in [0.2, 0.25) is 0 Å². The Morgan fingerprint density at radius 2 is 1.88 bits per heavy atom. The molecule has 1 aliphatic carbocycles. The molecule has 0 bridgehead atoms. The molecule has 8 heteroatoms. The third-order valence-electron chi connectivity index (χ3n) is 6.31. The second kappa shape index (κ2) is 9.75. The molecule has 3 aromatic heterocycles. The van der Waals surface area contributed by atoms with Crippen LogP contribution in [0.2, 0.25) is 0 Å². The zero-order chi connectivity index (χ0) is 21.8. The number of anilines is 1. The Labute approximate surface area is 187 Å². The second-order valence-corrected chi connectivity index (χ2v) is 8.60. The van der Waals surface area contributed by atoms with E-state index in [1.165, 1.54) is 19.3 Å². The minimum Gasteiger partial charge on any atom is -0.376 e. The molecule has 1 aliphatic heterocycles. The Morgan fingerprint density at radius 1 is 1.03 bits per heavy atom. The lowest BCUT2D eigenvalue weighted by molar-refractivity contribution is -0.0819. The molecule has 1 atom stereocenters. The molecular weight excluding hydrogens is 406 g/mol. The molecule has 0 aromatic carbocycles. The molecule has 8 nitrogen and oxygen atoms in total. The highest BCUT2D eigenvalue weighted by Gasteiger charge is 2.20. The molecule has 5 rings (SSSR count). The molecule has 168 valence electrons. The lowest BCUT2D eigenvalue weighted by Crippen LogP contribution is -2.36. The maximum atomic E-state index is 13.5. The Balaban J connectivity index is 1.51. The summed E-state index contributed by atoms with van der Waals surface area (Å²) in [6.45, 7) is 2.87. The van der Waals surface area contributed by atoms with E-state index in [1.807, 2.05) is 28.8 Å². The number of fused-ring (bicyclic) bond motifs is 1. The van der Waals surface area contributed by atoms with Crippen LogP contribution >= 0.6 is 0 Å². The monoisotopic (exact) mass is 435 g/mol. The van der Waals surface area contributed by atoms with Crippen molar-refractivity contribution in [2.75, 3.05) is 31.7 Å². The molecule has 2 fully saturated rings. The van der Waals surface area contributed by atoms with Crippen LogP contribution in [0.15, 0.2) is 41.5 Å². The fourth-order valence-corrected chi connectivity index (χ4v) is 4.58. The molecule has 32 heavy (non-hydrogen) atoms. The quantitative estimate of drug-likeness (QED) is 0.635. The average molecular weight is 436 g/mol. The first-order chi connectivity index (χ1) is 15.8. The molecule has 0 amide bonds. The minimum atomic E-state index is -0.126. The summed E-state index contributed by atoms with van der Waals surface area (Å²) in [5.41, 5.74) is 3.00. The van der Waals surface area contributed by atoms with Gasteiger partial charge in [-0.25, -0.2) is 9.97 Å². The number of pyridine rings is 2. The van der Waals surface area contributed by atoms with E-state index in [4.69, 9.17) is 14.5 Å². The van der Waals surface area contributed by atoms with Crippen LogP contribution in [0, 0.1) is 5.92 Å². The summed E-state index contributed by atoms with van der Waals surface area (Å²) in [6, 6.07) is 7.74. The third kappa shape index (κ3) is 4.66. The van der Waals surface area contributed by atoms with Crippen molar-refractivity contribution in [1.82, 2.24) is 19.5 Å². The Kier molecular flexibility index (Phi) is 6.41. The second-order valence-electron chi connectivity index (χ2n) is 8.60. The number of rotatable bonds is 6. The molecule has 2 aliphatic rings. The van der Waals surface area contributed by atoms with Crippen LogP contribution in [0.3, 0.4) is 0 Å². The standard InChI is InChI=1S/C24H29N5O3/c30-24-22(26-14-19-16-31-12-13-32-19)27-21-7-6-20(18-8-10-25-11-9-18)28-23(21)29(24)15-17-4-2-1-3-5-17/h6-11,17,19H,1-5,12-16H2,(H,26,27). The number of nitrogens with zero attached hydrogens (tertiary/aromatic N) is 4. The minimum absolute atomic E-state index is 0.0837. The van der Waals surface area contributed by atoms with E-state index >= 15 is 0 Å². The van der Waals surface area contributed by atoms with Gasteiger partial charge in [0.25, 0.3) is 5.56 Å². The van der Waals surface area contributed by atoms with Gasteiger partial charge in [-0.1, -0.05) is 19.3 Å². The van der Waals surface area contributed by atoms with Gasteiger partial charge in [0.15, 0.2) is 11.5 Å². The van der Waals surface area contributed by atoms with Gasteiger partial charge in [0.05, 0.1) is 31.6 Å². The molecule has 0 spiro atoms. The van der Waals surface area contributed by atoms with Crippen molar-refractivity contribution < 1.29 is 9.47 Å². The highest BCUT2D eigenvalue weighted by molar-refractivity contribution is 5.76. The zero-order valence-corrected chi connectivity index (χ0v) is 18.2. The summed E-state index contributed by atoms with van der Waals surface area (Å²) in [6.07, 6.45) is 9.44. The van der Waals surface area contributed by atoms with E-state index in [1.54, 1.807) is 12.4 Å². The smallest absolute Gasteiger partial charge is 0.294 e. The molecule has 1 N–H and O–H groups in total. The van der Waals surface area contributed by atoms with Crippen LogP contribution in [0.4, 0.5) is 5.82 Å². The van der Waals surface area contributed by atoms with Crippen molar-refractivity contribution in [2.45, 2.75) is 44.8 Å². The van der Waals surface area contributed by atoms with Crippen LogP contribution in [0.5, 0.6) is 0 Å². The maximum absolute atomic E-state index is 13.5. The van der Waals surface area contributed by atoms with Crippen LogP contribution in [-0.4, -0.2) is 52.0 Å². The number of aromatic nitrogens is 4. The van der Waals surface area contributed by atoms with E-state index in [2.05, 4.69) is 15.3 Å². The van der Waals surface area contributed by atoms with Crippen molar-refractivity contribution in [1.29, 1.82) is 0 Å². The fourth-order valence-electron chi connectivity index (χ4n) is 4.58. The van der Waals surface area contributed by atoms with Crippen LogP contribution in [-0.2, 0) is 16.0 Å². The van der Waals surface area contributed by atoms with E-state index in [9.17, 15) is 4.79 Å². The van der Waals surface area contributed by atoms with Crippen molar-refractivity contribution in [3.05, 3.63) is 47.0 Å². The number of hydrogen-bond donors (Lipinski definition) is 1. The van der Waals surface area contributed by atoms with Crippen LogP contribution < -0.4 is 10.9 Å². The molecular formula is C24H29N5O3. The van der Waals surface area contributed by atoms with Crippen molar-refractivity contribution in [3.8, 4) is 11.3 Å². The van der Waals surface area contributed by atoms with Gasteiger partial charge >= 0.3 is 0 Å². The highest BCUT2D eigenvalue weighted by Crippen LogP contribution is 2.26. The summed E-state index contributed by atoms with van der Waals surface area (Å²) >= 11 is 0. The Hall–Kier alpha value is -2.84. The molecule has 1 unspecified atom stereocenters. The SMILES string of the molecule is O=c1c(NCC2COCCO2)nc2ccc(-c3ccncc3)nc2n1CC1CCCCC1. The van der Waals surface area contributed by atoms with Gasteiger partial charge < -0.3 is 14.8 Å². The van der Waals surface area contributed by atoms with Crippen molar-refractivity contribution in [2.24, 2.45) is 5.92 Å². The summed E-state index contributed by atoms with van der Waals surface area (Å²) in [5.74, 6) is 0.835. The number of nitrogens with one attached hydrogen (secondary N) is 1. The van der Waals surface area contributed by atoms with Crippen LogP contribution in [0.25, 0.3) is 22.4 Å². The largest absolute Gasteiger partial charge is 0.376 e. The van der Waals surface area contributed by atoms with Gasteiger partial charge in [-0.2, -0.15) is 0 Å². The molecule has 1 saturated heterocycles. The van der Waals surface area contributed by atoms with Gasteiger partial charge in [-0.3, -0.25) is 14.3 Å². The van der Waals surface area contributed by atoms with E-state index in [0.29, 0.717) is 55.8 Å². The van der Waals surface area contributed by atoms with E-state index < -0.39 is 0 Å². The maximum Gasteiger partial charge on any atom is 0.294 e. The third-order valence-corrected chi connectivity index (χ3v) is 6.31. The van der Waals surface area contributed by atoms with E-state index in [0.717, 1.165) is 24.1 Å². The number of hydrogen-bond acceptors (Lipinski definition) is 7. The summed E-state index contributed by atoms with van der Waals surface area (Å²) < 4.78 is 13.0. The first-order valence-corrected chi connectivity index (χ1v) is 11.5. The van der Waals surface area contributed by atoms with E-state index in [-0.39, 0.29) is 11.7 Å². The Bertz CT molecular complexity index is 1110. The summed E-state index contributed by atoms with van der Waals surface area (Å²) in [7, 11) is 0. The zero-order valence-electron chi connectivity index (χ0n) is 18.2. The summed E-state index contributed by atoms with van der Waals surface area (Å²) in [4.78, 5) is 27.1. The number of ether oxygens (including phenoxy) is 2.